The number of hydrogen-bond donors (Lipinski definition) is 1. The molecule has 0 atom stereocenters. The van der Waals surface area contributed by atoms with Gasteiger partial charge in [0.25, 0.3) is 14.8 Å². The van der Waals surface area contributed by atoms with Crippen LogP contribution in [0.1, 0.15) is 0 Å². The number of benzene rings is 2. The summed E-state index contributed by atoms with van der Waals surface area (Å²) in [5.74, 6) is 0. The lowest BCUT2D eigenvalue weighted by Crippen LogP contribution is -2.13. The highest BCUT2D eigenvalue weighted by atomic mass is 35.5. The predicted octanol–water partition coefficient (Wildman–Crippen LogP) is 4.36. The summed E-state index contributed by atoms with van der Waals surface area (Å²) in [4.78, 5) is 11.9. The maximum absolute atomic E-state index is 12.6. The maximum Gasteiger partial charge on any atom is 0.261 e. The SMILES string of the molecule is Cn1sc(=O)c2cc(S(=O)(=O)Nc3cc(Cl)c(Cl)cc3Cl)ccc21. The van der Waals surface area contributed by atoms with Crippen molar-refractivity contribution in [2.24, 2.45) is 7.05 Å². The summed E-state index contributed by atoms with van der Waals surface area (Å²) in [6.45, 7) is 0. The van der Waals surface area contributed by atoms with Gasteiger partial charge in [-0.15, -0.1) is 0 Å². The van der Waals surface area contributed by atoms with E-state index in [9.17, 15) is 13.2 Å². The molecule has 0 aliphatic rings. The summed E-state index contributed by atoms with van der Waals surface area (Å²) >= 11 is 18.7. The van der Waals surface area contributed by atoms with Gasteiger partial charge in [-0.25, -0.2) is 8.42 Å². The average molecular weight is 424 g/mol. The predicted molar refractivity (Wildman–Crippen MR) is 99.3 cm³/mol. The van der Waals surface area contributed by atoms with Crippen molar-refractivity contribution in [3.05, 3.63) is 54.9 Å². The Morgan fingerprint density at radius 1 is 1.04 bits per heavy atom. The van der Waals surface area contributed by atoms with E-state index in [-0.39, 0.29) is 30.4 Å². The van der Waals surface area contributed by atoms with Gasteiger partial charge in [-0.1, -0.05) is 34.8 Å². The molecule has 0 bridgehead atoms. The van der Waals surface area contributed by atoms with Crippen molar-refractivity contribution in [1.29, 1.82) is 0 Å². The molecule has 1 N–H and O–H groups in total. The number of rotatable bonds is 3. The minimum atomic E-state index is -3.94. The third-order valence-electron chi connectivity index (χ3n) is 3.31. The Morgan fingerprint density at radius 2 is 1.71 bits per heavy atom. The first-order chi connectivity index (χ1) is 11.2. The fraction of sp³-hybridized carbons (Fsp3) is 0.0714. The van der Waals surface area contributed by atoms with Gasteiger partial charge < -0.3 is 0 Å². The van der Waals surface area contributed by atoms with Gasteiger partial charge in [-0.3, -0.25) is 13.5 Å². The first-order valence-corrected chi connectivity index (χ1v) is 9.85. The van der Waals surface area contributed by atoms with Crippen LogP contribution in [0.25, 0.3) is 10.9 Å². The van der Waals surface area contributed by atoms with Crippen LogP contribution in [0.15, 0.2) is 40.0 Å². The highest BCUT2D eigenvalue weighted by Gasteiger charge is 2.19. The molecule has 0 amide bonds. The number of halogens is 3. The normalized spacial score (nSPS) is 11.8. The Hall–Kier alpha value is -1.25. The number of fused-ring (bicyclic) bond motifs is 1. The van der Waals surface area contributed by atoms with Crippen molar-refractivity contribution in [3.63, 3.8) is 0 Å². The van der Waals surface area contributed by atoms with Crippen LogP contribution in [0.5, 0.6) is 0 Å². The van der Waals surface area contributed by atoms with Crippen LogP contribution in [-0.2, 0) is 17.1 Å². The molecule has 5 nitrogen and oxygen atoms in total. The Morgan fingerprint density at radius 3 is 2.42 bits per heavy atom. The highest BCUT2D eigenvalue weighted by molar-refractivity contribution is 7.92. The second-order valence-corrected chi connectivity index (χ2v) is 8.91. The number of sulfonamides is 1. The first kappa shape index (κ1) is 17.6. The van der Waals surface area contributed by atoms with Crippen molar-refractivity contribution in [2.45, 2.75) is 4.90 Å². The molecule has 1 heterocycles. The van der Waals surface area contributed by atoms with Crippen molar-refractivity contribution in [2.75, 3.05) is 4.72 Å². The summed E-state index contributed by atoms with van der Waals surface area (Å²) in [7, 11) is -2.21. The van der Waals surface area contributed by atoms with Crippen LogP contribution in [0, 0.1) is 0 Å². The molecule has 24 heavy (non-hydrogen) atoms. The average Bonchev–Trinajstić information content (AvgIpc) is 2.79. The van der Waals surface area contributed by atoms with E-state index in [2.05, 4.69) is 4.72 Å². The smallest absolute Gasteiger partial charge is 0.261 e. The van der Waals surface area contributed by atoms with Gasteiger partial charge >= 0.3 is 0 Å². The number of aryl methyl sites for hydroxylation is 1. The van der Waals surface area contributed by atoms with E-state index in [0.29, 0.717) is 10.9 Å². The van der Waals surface area contributed by atoms with Crippen molar-refractivity contribution in [3.8, 4) is 0 Å². The zero-order valence-corrected chi connectivity index (χ0v) is 15.9. The molecule has 3 rings (SSSR count). The van der Waals surface area contributed by atoms with Crippen LogP contribution in [-0.4, -0.2) is 12.4 Å². The molecule has 0 aliphatic carbocycles. The molecule has 3 aromatic rings. The van der Waals surface area contributed by atoms with E-state index >= 15 is 0 Å². The van der Waals surface area contributed by atoms with E-state index in [4.69, 9.17) is 34.8 Å². The van der Waals surface area contributed by atoms with Gasteiger partial charge in [0.15, 0.2) is 0 Å². The van der Waals surface area contributed by atoms with Crippen molar-refractivity contribution in [1.82, 2.24) is 3.96 Å². The second-order valence-electron chi connectivity index (χ2n) is 4.91. The molecule has 0 saturated heterocycles. The Balaban J connectivity index is 2.07. The zero-order valence-electron chi connectivity index (χ0n) is 12.0. The number of aromatic nitrogens is 1. The monoisotopic (exact) mass is 422 g/mol. The van der Waals surface area contributed by atoms with Crippen molar-refractivity contribution < 1.29 is 8.42 Å². The van der Waals surface area contributed by atoms with Gasteiger partial charge in [-0.2, -0.15) is 0 Å². The third-order valence-corrected chi connectivity index (χ3v) is 6.57. The maximum atomic E-state index is 12.6. The molecule has 2 aromatic carbocycles. The summed E-state index contributed by atoms with van der Waals surface area (Å²) < 4.78 is 28.9. The molecule has 0 radical (unpaired) electrons. The largest absolute Gasteiger partial charge is 0.297 e. The number of anilines is 1. The standard InChI is InChI=1S/C14H9Cl3N2O3S2/c1-19-13-3-2-7(4-8(13)14(20)23-19)24(21,22)18-12-6-10(16)9(15)5-11(12)17/h2-6,18H,1H3. The molecule has 0 unspecified atom stereocenters. The van der Waals surface area contributed by atoms with Crippen LogP contribution < -0.4 is 9.46 Å². The Labute approximate surface area is 156 Å². The summed E-state index contributed by atoms with van der Waals surface area (Å²) in [6, 6.07) is 7.01. The molecule has 0 fully saturated rings. The van der Waals surface area contributed by atoms with Crippen LogP contribution in [0.4, 0.5) is 5.69 Å². The minimum absolute atomic E-state index is 0.0485. The van der Waals surface area contributed by atoms with Gasteiger partial charge in [-0.05, 0) is 41.9 Å². The number of nitrogens with one attached hydrogen (secondary N) is 1. The van der Waals surface area contributed by atoms with Gasteiger partial charge in [0.05, 0.1) is 36.6 Å². The molecule has 10 heteroatoms. The van der Waals surface area contributed by atoms with Crippen LogP contribution >= 0.6 is 46.3 Å². The van der Waals surface area contributed by atoms with Crippen LogP contribution in [0.3, 0.4) is 0 Å². The summed E-state index contributed by atoms with van der Waals surface area (Å²) in [5, 5.41) is 0.833. The first-order valence-electron chi connectivity index (χ1n) is 6.46. The summed E-state index contributed by atoms with van der Waals surface area (Å²) in [5.41, 5.74) is 0.765. The zero-order chi connectivity index (χ0) is 17.6. The molecule has 0 spiro atoms. The van der Waals surface area contributed by atoms with E-state index in [1.165, 1.54) is 24.3 Å². The molecule has 1 aromatic heterocycles. The highest BCUT2D eigenvalue weighted by Crippen LogP contribution is 2.33. The van der Waals surface area contributed by atoms with Gasteiger partial charge in [0.2, 0.25) is 0 Å². The minimum Gasteiger partial charge on any atom is -0.297 e. The van der Waals surface area contributed by atoms with E-state index in [0.717, 1.165) is 11.5 Å². The topological polar surface area (TPSA) is 68.2 Å². The van der Waals surface area contributed by atoms with Gasteiger partial charge in [0.1, 0.15) is 0 Å². The fourth-order valence-electron chi connectivity index (χ4n) is 2.15. The third kappa shape index (κ3) is 3.14. The molecular weight excluding hydrogens is 415 g/mol. The Kier molecular flexibility index (Phi) is 4.57. The fourth-order valence-corrected chi connectivity index (χ4v) is 4.66. The Bertz CT molecular complexity index is 1120. The van der Waals surface area contributed by atoms with E-state index in [1.807, 2.05) is 0 Å². The number of nitrogens with zero attached hydrogens (tertiary/aromatic N) is 1. The molecular formula is C14H9Cl3N2O3S2. The lowest BCUT2D eigenvalue weighted by Gasteiger charge is -2.11. The lowest BCUT2D eigenvalue weighted by molar-refractivity contribution is 0.601. The molecule has 0 saturated carbocycles. The quantitative estimate of drug-likeness (QED) is 0.636. The number of hydrogen-bond acceptors (Lipinski definition) is 4. The van der Waals surface area contributed by atoms with Crippen molar-refractivity contribution >= 4 is 72.9 Å². The summed E-state index contributed by atoms with van der Waals surface area (Å²) in [6.07, 6.45) is 0. The lowest BCUT2D eigenvalue weighted by atomic mass is 10.2. The van der Waals surface area contributed by atoms with Crippen LogP contribution in [0.2, 0.25) is 15.1 Å². The molecule has 126 valence electrons. The molecule has 0 aliphatic heterocycles. The van der Waals surface area contributed by atoms with Gasteiger partial charge in [0, 0.05) is 7.05 Å². The second kappa shape index (κ2) is 6.24. The van der Waals surface area contributed by atoms with E-state index < -0.39 is 10.0 Å². The van der Waals surface area contributed by atoms with E-state index in [1.54, 1.807) is 17.1 Å².